The van der Waals surface area contributed by atoms with Crippen LogP contribution in [0.2, 0.25) is 0 Å². The minimum Gasteiger partial charge on any atom is -0.455 e. The lowest BCUT2D eigenvalue weighted by Gasteiger charge is -2.30. The number of esters is 1. The van der Waals surface area contributed by atoms with Crippen molar-refractivity contribution in [1.82, 2.24) is 4.90 Å². The van der Waals surface area contributed by atoms with E-state index in [9.17, 15) is 14.4 Å². The number of piperidine rings is 1. The van der Waals surface area contributed by atoms with E-state index in [-0.39, 0.29) is 30.1 Å². The van der Waals surface area contributed by atoms with Crippen LogP contribution in [0.5, 0.6) is 0 Å². The Bertz CT molecular complexity index is 601. The summed E-state index contributed by atoms with van der Waals surface area (Å²) < 4.78 is 6.00. The van der Waals surface area contributed by atoms with Gasteiger partial charge >= 0.3 is 5.97 Å². The number of thioether (sulfide) groups is 1. The third-order valence-corrected chi connectivity index (χ3v) is 5.29. The molecule has 8 heteroatoms. The van der Waals surface area contributed by atoms with Gasteiger partial charge in [-0.2, -0.15) is 0 Å². The maximum Gasteiger partial charge on any atom is 0.316 e. The monoisotopic (exact) mass is 414 g/mol. The van der Waals surface area contributed by atoms with Crippen molar-refractivity contribution in [3.8, 4) is 0 Å². The van der Waals surface area contributed by atoms with Crippen LogP contribution in [0.3, 0.4) is 0 Å². The van der Waals surface area contributed by atoms with E-state index in [1.165, 1.54) is 11.8 Å². The zero-order valence-corrected chi connectivity index (χ0v) is 15.5. The molecule has 1 aromatic carbocycles. The molecule has 1 heterocycles. The molecule has 1 saturated heterocycles. The Hall–Kier alpha value is -1.54. The van der Waals surface area contributed by atoms with Gasteiger partial charge in [-0.25, -0.2) is 0 Å². The highest BCUT2D eigenvalue weighted by atomic mass is 79.9. The van der Waals surface area contributed by atoms with Crippen LogP contribution < -0.4 is 5.73 Å². The van der Waals surface area contributed by atoms with Crippen molar-refractivity contribution in [3.63, 3.8) is 0 Å². The number of amides is 2. The molecule has 2 N–H and O–H groups in total. The lowest BCUT2D eigenvalue weighted by atomic mass is 9.96. The largest absolute Gasteiger partial charge is 0.455 e. The number of ether oxygens (including phenoxy) is 1. The van der Waals surface area contributed by atoms with E-state index in [1.807, 2.05) is 24.3 Å². The average molecular weight is 415 g/mol. The molecule has 0 spiro atoms. The van der Waals surface area contributed by atoms with E-state index in [4.69, 9.17) is 10.5 Å². The molecule has 0 unspecified atom stereocenters. The zero-order valence-electron chi connectivity index (χ0n) is 13.1. The number of nitrogens with two attached hydrogens (primary N) is 1. The van der Waals surface area contributed by atoms with E-state index in [0.29, 0.717) is 25.9 Å². The summed E-state index contributed by atoms with van der Waals surface area (Å²) in [7, 11) is 0. The lowest BCUT2D eigenvalue weighted by molar-refractivity contribution is -0.150. The third kappa shape index (κ3) is 5.83. The van der Waals surface area contributed by atoms with Crippen molar-refractivity contribution in [2.24, 2.45) is 11.7 Å². The van der Waals surface area contributed by atoms with Crippen molar-refractivity contribution in [1.29, 1.82) is 0 Å². The Morgan fingerprint density at radius 1 is 1.21 bits per heavy atom. The number of rotatable bonds is 6. The number of carbonyl (C=O) groups excluding carboxylic acids is 3. The molecule has 1 fully saturated rings. The van der Waals surface area contributed by atoms with Gasteiger partial charge in [-0.15, -0.1) is 11.8 Å². The van der Waals surface area contributed by atoms with Crippen molar-refractivity contribution in [2.75, 3.05) is 25.4 Å². The first-order valence-corrected chi connectivity index (χ1v) is 9.34. The highest BCUT2D eigenvalue weighted by molar-refractivity contribution is 9.10. The second-order valence-corrected chi connectivity index (χ2v) is 7.43. The summed E-state index contributed by atoms with van der Waals surface area (Å²) in [4.78, 5) is 37.4. The highest BCUT2D eigenvalue weighted by Crippen LogP contribution is 2.21. The maximum absolute atomic E-state index is 12.0. The van der Waals surface area contributed by atoms with Gasteiger partial charge in [0.1, 0.15) is 0 Å². The fourth-order valence-corrected chi connectivity index (χ4v) is 3.32. The van der Waals surface area contributed by atoms with Gasteiger partial charge in [0.15, 0.2) is 6.61 Å². The van der Waals surface area contributed by atoms with E-state index in [2.05, 4.69) is 15.9 Å². The van der Waals surface area contributed by atoms with E-state index < -0.39 is 5.97 Å². The van der Waals surface area contributed by atoms with Gasteiger partial charge in [0.2, 0.25) is 5.91 Å². The van der Waals surface area contributed by atoms with Crippen LogP contribution in [0.25, 0.3) is 0 Å². The molecular formula is C16H19BrN2O4S. The summed E-state index contributed by atoms with van der Waals surface area (Å²) in [6, 6.07) is 7.59. The smallest absolute Gasteiger partial charge is 0.316 e. The Balaban J connectivity index is 1.67. The molecule has 0 aliphatic carbocycles. The minimum absolute atomic E-state index is 0.151. The fraction of sp³-hybridized carbons (Fsp3) is 0.438. The van der Waals surface area contributed by atoms with Crippen molar-refractivity contribution in [3.05, 3.63) is 28.7 Å². The first-order valence-electron chi connectivity index (χ1n) is 7.57. The van der Waals surface area contributed by atoms with E-state index >= 15 is 0 Å². The summed E-state index contributed by atoms with van der Waals surface area (Å²) in [5.74, 6) is -1.00. The summed E-state index contributed by atoms with van der Waals surface area (Å²) in [5, 5.41) is 0. The normalized spacial score (nSPS) is 15.1. The van der Waals surface area contributed by atoms with Crippen LogP contribution in [0.4, 0.5) is 0 Å². The number of carbonyl (C=O) groups is 3. The fourth-order valence-electron chi connectivity index (χ4n) is 2.36. The SMILES string of the molecule is NC(=O)C1CCN(C(=O)COC(=O)CSc2ccc(Br)cc2)CC1. The first kappa shape index (κ1) is 18.8. The molecule has 0 saturated carbocycles. The second kappa shape index (κ2) is 9.08. The predicted octanol–water partition coefficient (Wildman–Crippen LogP) is 1.81. The minimum atomic E-state index is -0.428. The molecule has 130 valence electrons. The molecule has 1 aliphatic rings. The number of primary amides is 1. The maximum atomic E-state index is 12.0. The molecule has 0 radical (unpaired) electrons. The quantitative estimate of drug-likeness (QED) is 0.566. The van der Waals surface area contributed by atoms with Crippen LogP contribution in [0.1, 0.15) is 12.8 Å². The lowest BCUT2D eigenvalue weighted by Crippen LogP contribution is -2.43. The summed E-state index contributed by atoms with van der Waals surface area (Å²) in [6.45, 7) is 0.677. The van der Waals surface area contributed by atoms with Crippen LogP contribution >= 0.6 is 27.7 Å². The number of benzene rings is 1. The van der Waals surface area contributed by atoms with Gasteiger partial charge < -0.3 is 15.4 Å². The van der Waals surface area contributed by atoms with Gasteiger partial charge in [-0.05, 0) is 37.1 Å². The molecule has 24 heavy (non-hydrogen) atoms. The molecular weight excluding hydrogens is 396 g/mol. The standard InChI is InChI=1S/C16H19BrN2O4S/c17-12-1-3-13(4-2-12)24-10-15(21)23-9-14(20)19-7-5-11(6-8-19)16(18)22/h1-4,11H,5-10H2,(H2,18,22). The van der Waals surface area contributed by atoms with Gasteiger partial charge in [-0.1, -0.05) is 15.9 Å². The predicted molar refractivity (Wildman–Crippen MR) is 94.3 cm³/mol. The molecule has 6 nitrogen and oxygen atoms in total. The summed E-state index contributed by atoms with van der Waals surface area (Å²) in [6.07, 6.45) is 1.13. The van der Waals surface area contributed by atoms with E-state index in [0.717, 1.165) is 9.37 Å². The highest BCUT2D eigenvalue weighted by Gasteiger charge is 2.26. The third-order valence-electron chi connectivity index (χ3n) is 3.78. The Kier molecular flexibility index (Phi) is 7.11. The van der Waals surface area contributed by atoms with Crippen LogP contribution in [-0.4, -0.2) is 48.1 Å². The second-order valence-electron chi connectivity index (χ2n) is 5.46. The molecule has 0 aromatic heterocycles. The Morgan fingerprint density at radius 2 is 1.83 bits per heavy atom. The molecule has 0 atom stereocenters. The molecule has 0 bridgehead atoms. The van der Waals surface area contributed by atoms with Crippen LogP contribution in [-0.2, 0) is 19.1 Å². The zero-order chi connectivity index (χ0) is 17.5. The average Bonchev–Trinajstić information content (AvgIpc) is 2.59. The van der Waals surface area contributed by atoms with Crippen molar-refractivity contribution >= 4 is 45.5 Å². The van der Waals surface area contributed by atoms with Gasteiger partial charge in [0, 0.05) is 28.4 Å². The first-order chi connectivity index (χ1) is 11.5. The van der Waals surface area contributed by atoms with Crippen LogP contribution in [0.15, 0.2) is 33.6 Å². The van der Waals surface area contributed by atoms with Gasteiger partial charge in [0.25, 0.3) is 5.91 Å². The van der Waals surface area contributed by atoms with Gasteiger partial charge in [0.05, 0.1) is 5.75 Å². The molecule has 2 rings (SSSR count). The van der Waals surface area contributed by atoms with Crippen LogP contribution in [0, 0.1) is 5.92 Å². The Morgan fingerprint density at radius 3 is 2.42 bits per heavy atom. The van der Waals surface area contributed by atoms with Gasteiger partial charge in [-0.3, -0.25) is 14.4 Å². The summed E-state index contributed by atoms with van der Waals surface area (Å²) in [5.41, 5.74) is 5.26. The number of hydrogen-bond acceptors (Lipinski definition) is 5. The molecule has 1 aromatic rings. The van der Waals surface area contributed by atoms with Crippen molar-refractivity contribution < 1.29 is 19.1 Å². The topological polar surface area (TPSA) is 89.7 Å². The number of hydrogen-bond donors (Lipinski definition) is 1. The Labute approximate surface area is 153 Å². The number of halogens is 1. The van der Waals surface area contributed by atoms with E-state index in [1.54, 1.807) is 4.90 Å². The number of likely N-dealkylation sites (tertiary alicyclic amines) is 1. The number of nitrogens with zero attached hydrogens (tertiary/aromatic N) is 1. The summed E-state index contributed by atoms with van der Waals surface area (Å²) >= 11 is 4.70. The molecule has 2 amide bonds. The molecule has 1 aliphatic heterocycles. The van der Waals surface area contributed by atoms with Crippen molar-refractivity contribution in [2.45, 2.75) is 17.7 Å².